The highest BCUT2D eigenvalue weighted by molar-refractivity contribution is 8.00. The molecule has 0 saturated carbocycles. The first-order valence-corrected chi connectivity index (χ1v) is 10.3. The van der Waals surface area contributed by atoms with E-state index in [9.17, 15) is 14.7 Å². The Balaban J connectivity index is 1.36. The lowest BCUT2D eigenvalue weighted by Crippen LogP contribution is -2.48. The molecule has 0 aromatic heterocycles. The van der Waals surface area contributed by atoms with Crippen LogP contribution in [0.15, 0.2) is 0 Å². The van der Waals surface area contributed by atoms with Crippen LogP contribution in [-0.2, 0) is 9.53 Å². The van der Waals surface area contributed by atoms with Gasteiger partial charge in [-0.3, -0.25) is 4.79 Å². The predicted molar refractivity (Wildman–Crippen MR) is 96.3 cm³/mol. The Bertz CT molecular complexity index is 506. The van der Waals surface area contributed by atoms with Gasteiger partial charge in [-0.1, -0.05) is 6.42 Å². The minimum Gasteiger partial charge on any atom is -0.368 e. The Labute approximate surface area is 153 Å². The summed E-state index contributed by atoms with van der Waals surface area (Å²) < 4.78 is 5.43. The largest absolute Gasteiger partial charge is 0.368 e. The number of nitrogens with zero attached hydrogens (tertiary/aromatic N) is 1. The molecular formula is C17H29N3O4S. The molecule has 3 aliphatic heterocycles. The second-order valence-electron chi connectivity index (χ2n) is 7.31. The fraction of sp³-hybridized carbons (Fsp3) is 0.882. The molecule has 3 aliphatic rings. The van der Waals surface area contributed by atoms with Crippen LogP contribution >= 0.6 is 11.8 Å². The van der Waals surface area contributed by atoms with Crippen molar-refractivity contribution in [3.63, 3.8) is 0 Å². The molecular weight excluding hydrogens is 342 g/mol. The molecule has 6 atom stereocenters. The van der Waals surface area contributed by atoms with E-state index in [4.69, 9.17) is 4.74 Å². The second kappa shape index (κ2) is 8.14. The smallest absolute Gasteiger partial charge is 0.315 e. The maximum absolute atomic E-state index is 12.4. The Morgan fingerprint density at radius 3 is 2.92 bits per heavy atom. The molecule has 8 heteroatoms. The minimum absolute atomic E-state index is 0.0434. The number of hydrogen-bond acceptors (Lipinski definition) is 5. The highest BCUT2D eigenvalue weighted by Gasteiger charge is 2.42. The molecule has 0 radical (unpaired) electrons. The van der Waals surface area contributed by atoms with Crippen LogP contribution in [0.5, 0.6) is 0 Å². The third-order valence-corrected chi connectivity index (χ3v) is 7.09. The third kappa shape index (κ3) is 4.41. The van der Waals surface area contributed by atoms with Crippen molar-refractivity contribution in [2.45, 2.75) is 81.2 Å². The van der Waals surface area contributed by atoms with Crippen molar-refractivity contribution < 1.29 is 19.4 Å². The van der Waals surface area contributed by atoms with Gasteiger partial charge in [-0.15, -0.1) is 0 Å². The highest BCUT2D eigenvalue weighted by Crippen LogP contribution is 2.33. The van der Waals surface area contributed by atoms with Crippen molar-refractivity contribution in [2.75, 3.05) is 12.8 Å². The monoisotopic (exact) mass is 371 g/mol. The SMILES string of the molecule is CC1O[C@@H](O)CC[C@@H]1N(C)C(=O)CCCCC1SC[C@@H]2NC(=O)NC12. The number of unbranched alkanes of at least 4 members (excludes halogenated alkanes) is 1. The van der Waals surface area contributed by atoms with Crippen molar-refractivity contribution in [1.29, 1.82) is 0 Å². The summed E-state index contributed by atoms with van der Waals surface area (Å²) in [6.45, 7) is 1.91. The molecule has 25 heavy (non-hydrogen) atoms. The summed E-state index contributed by atoms with van der Waals surface area (Å²) in [6.07, 6.45) is 3.94. The number of likely N-dealkylation sites (N-methyl/N-ethyl adjacent to an activating group) is 1. The summed E-state index contributed by atoms with van der Waals surface area (Å²) in [6, 6.07) is 0.494. The van der Waals surface area contributed by atoms with Gasteiger partial charge in [-0.05, 0) is 26.2 Å². The minimum atomic E-state index is -0.701. The normalized spacial score (nSPS) is 37.3. The number of thioether (sulfide) groups is 1. The number of ether oxygens (including phenoxy) is 1. The summed E-state index contributed by atoms with van der Waals surface area (Å²) in [5.41, 5.74) is 0. The van der Waals surface area contributed by atoms with Gasteiger partial charge in [0, 0.05) is 30.9 Å². The van der Waals surface area contributed by atoms with Crippen molar-refractivity contribution in [1.82, 2.24) is 15.5 Å². The van der Waals surface area contributed by atoms with Crippen molar-refractivity contribution in [3.05, 3.63) is 0 Å². The number of carbonyl (C=O) groups excluding carboxylic acids is 2. The molecule has 7 nitrogen and oxygen atoms in total. The average molecular weight is 372 g/mol. The molecule has 3 unspecified atom stereocenters. The van der Waals surface area contributed by atoms with Crippen LogP contribution in [0, 0.1) is 0 Å². The first kappa shape index (κ1) is 18.8. The summed E-state index contributed by atoms with van der Waals surface area (Å²) in [5, 5.41) is 15.9. The van der Waals surface area contributed by atoms with Gasteiger partial charge in [0.2, 0.25) is 5.91 Å². The molecule has 3 heterocycles. The summed E-state index contributed by atoms with van der Waals surface area (Å²) >= 11 is 1.91. The van der Waals surface area contributed by atoms with Crippen LogP contribution < -0.4 is 10.6 Å². The fourth-order valence-corrected chi connectivity index (χ4v) is 5.63. The molecule has 0 bridgehead atoms. The van der Waals surface area contributed by atoms with Crippen LogP contribution in [-0.4, -0.2) is 70.5 Å². The quantitative estimate of drug-likeness (QED) is 0.480. The van der Waals surface area contributed by atoms with Gasteiger partial charge in [0.25, 0.3) is 0 Å². The van der Waals surface area contributed by atoms with E-state index in [1.807, 2.05) is 25.7 Å². The molecule has 0 aromatic rings. The van der Waals surface area contributed by atoms with Crippen molar-refractivity contribution in [2.24, 2.45) is 0 Å². The Hall–Kier alpha value is -0.990. The van der Waals surface area contributed by atoms with Crippen LogP contribution in [0.3, 0.4) is 0 Å². The van der Waals surface area contributed by atoms with Gasteiger partial charge >= 0.3 is 6.03 Å². The van der Waals surface area contributed by atoms with E-state index in [1.54, 1.807) is 4.90 Å². The highest BCUT2D eigenvalue weighted by atomic mass is 32.2. The topological polar surface area (TPSA) is 90.9 Å². The van der Waals surface area contributed by atoms with E-state index in [-0.39, 0.29) is 36.2 Å². The van der Waals surface area contributed by atoms with E-state index in [0.717, 1.165) is 31.4 Å². The molecule has 0 aromatic carbocycles. The molecule has 142 valence electrons. The van der Waals surface area contributed by atoms with Crippen LogP contribution in [0.1, 0.15) is 45.4 Å². The van der Waals surface area contributed by atoms with Gasteiger partial charge in [0.15, 0.2) is 6.29 Å². The predicted octanol–water partition coefficient (Wildman–Crippen LogP) is 1.06. The van der Waals surface area contributed by atoms with Gasteiger partial charge in [0.05, 0.1) is 24.2 Å². The molecule has 0 aliphatic carbocycles. The number of amides is 3. The number of aliphatic hydroxyl groups excluding tert-OH is 1. The molecule has 3 fully saturated rings. The maximum atomic E-state index is 12.4. The van der Waals surface area contributed by atoms with Gasteiger partial charge in [-0.2, -0.15) is 11.8 Å². The van der Waals surface area contributed by atoms with Crippen LogP contribution in [0.2, 0.25) is 0 Å². The Morgan fingerprint density at radius 1 is 1.36 bits per heavy atom. The van der Waals surface area contributed by atoms with E-state index in [0.29, 0.717) is 18.1 Å². The average Bonchev–Trinajstić information content (AvgIpc) is 3.10. The molecule has 3 N–H and O–H groups in total. The molecule has 0 spiro atoms. The van der Waals surface area contributed by atoms with E-state index in [2.05, 4.69) is 10.6 Å². The first-order chi connectivity index (χ1) is 12.0. The van der Waals surface area contributed by atoms with E-state index < -0.39 is 6.29 Å². The van der Waals surface area contributed by atoms with E-state index in [1.165, 1.54) is 0 Å². The number of hydrogen-bond donors (Lipinski definition) is 3. The summed E-state index contributed by atoms with van der Waals surface area (Å²) in [7, 11) is 1.84. The van der Waals surface area contributed by atoms with Crippen molar-refractivity contribution >= 4 is 23.7 Å². The number of rotatable bonds is 6. The lowest BCUT2D eigenvalue weighted by Gasteiger charge is -2.38. The standard InChI is InChI=1S/C17H29N3O4S/c1-10-12(7-8-15(22)24-10)20(2)14(21)6-4-3-5-13-16-11(9-25-13)18-17(23)19-16/h10-13,15-16,22H,3-9H2,1-2H3,(H2,18,19,23)/t10?,11-,12-,13?,15+,16?/m0/s1. The zero-order valence-electron chi connectivity index (χ0n) is 14.9. The number of fused-ring (bicyclic) bond motifs is 1. The number of nitrogens with one attached hydrogen (secondary N) is 2. The van der Waals surface area contributed by atoms with Gasteiger partial charge in [0.1, 0.15) is 0 Å². The first-order valence-electron chi connectivity index (χ1n) is 9.23. The molecule has 3 amide bonds. The number of carbonyl (C=O) groups is 2. The summed E-state index contributed by atoms with van der Waals surface area (Å²) in [5.74, 6) is 1.12. The zero-order valence-corrected chi connectivity index (χ0v) is 15.8. The molecule has 3 rings (SSSR count). The molecule has 3 saturated heterocycles. The number of aliphatic hydroxyl groups is 1. The lowest BCUT2D eigenvalue weighted by molar-refractivity contribution is -0.183. The van der Waals surface area contributed by atoms with Gasteiger partial charge in [-0.25, -0.2) is 4.79 Å². The fourth-order valence-electron chi connectivity index (χ4n) is 4.09. The zero-order chi connectivity index (χ0) is 18.0. The number of urea groups is 1. The Morgan fingerprint density at radius 2 is 2.16 bits per heavy atom. The van der Waals surface area contributed by atoms with Crippen LogP contribution in [0.25, 0.3) is 0 Å². The third-order valence-electron chi connectivity index (χ3n) is 5.58. The lowest BCUT2D eigenvalue weighted by atomic mass is 10.00. The van der Waals surface area contributed by atoms with Crippen LogP contribution in [0.4, 0.5) is 4.79 Å². The summed E-state index contributed by atoms with van der Waals surface area (Å²) in [4.78, 5) is 25.6. The van der Waals surface area contributed by atoms with E-state index >= 15 is 0 Å². The van der Waals surface area contributed by atoms with Gasteiger partial charge < -0.3 is 25.4 Å². The Kier molecular flexibility index (Phi) is 6.12. The second-order valence-corrected chi connectivity index (χ2v) is 8.59. The maximum Gasteiger partial charge on any atom is 0.315 e. The van der Waals surface area contributed by atoms with Crippen molar-refractivity contribution in [3.8, 4) is 0 Å².